The Morgan fingerprint density at radius 2 is 1.70 bits per heavy atom. The van der Waals surface area contributed by atoms with Crippen LogP contribution in [0.2, 0.25) is 10.0 Å². The maximum Gasteiger partial charge on any atom is 0.276 e. The Morgan fingerprint density at radius 1 is 1.03 bits per heavy atom. The summed E-state index contributed by atoms with van der Waals surface area (Å²) < 4.78 is 0.809. The standard InChI is InChI=1S/C23H16Cl2IN3O4/c1-12(17-8-6-15(25)10-20(17)29(32)33)28-21(13-2-4-14(24)5-3-13)22(30)27-19-9-7-16(26)11-18(19)23(28)31/h2-12,21H,1H3,(H,27,30)/t12-,21-/m1/s1. The van der Waals surface area contributed by atoms with E-state index in [1.165, 1.54) is 23.1 Å². The average molecular weight is 596 g/mol. The molecule has 1 aliphatic rings. The minimum atomic E-state index is -1.05. The molecule has 0 saturated heterocycles. The van der Waals surface area contributed by atoms with Gasteiger partial charge in [0, 0.05) is 19.7 Å². The van der Waals surface area contributed by atoms with Crippen molar-refractivity contribution in [2.24, 2.45) is 0 Å². The van der Waals surface area contributed by atoms with Gasteiger partial charge >= 0.3 is 0 Å². The third kappa shape index (κ3) is 4.55. The molecule has 168 valence electrons. The Labute approximate surface area is 213 Å². The Balaban J connectivity index is 1.93. The van der Waals surface area contributed by atoms with E-state index in [9.17, 15) is 19.7 Å². The van der Waals surface area contributed by atoms with Gasteiger partial charge in [0.1, 0.15) is 6.04 Å². The number of rotatable bonds is 4. The lowest BCUT2D eigenvalue weighted by Gasteiger charge is -2.34. The number of hydrogen-bond donors (Lipinski definition) is 1. The SMILES string of the molecule is C[C@H](c1ccc(Cl)cc1[N+](=O)[O-])N1C(=O)c2cc(I)ccc2NC(=O)[C@H]1c1ccc(Cl)cc1. The van der Waals surface area contributed by atoms with E-state index in [0.717, 1.165) is 3.57 Å². The van der Waals surface area contributed by atoms with Crippen LogP contribution < -0.4 is 5.32 Å². The lowest BCUT2D eigenvalue weighted by atomic mass is 9.98. The minimum Gasteiger partial charge on any atom is -0.323 e. The normalized spacial score (nSPS) is 16.6. The van der Waals surface area contributed by atoms with Crippen LogP contribution in [0.4, 0.5) is 11.4 Å². The maximum absolute atomic E-state index is 13.9. The van der Waals surface area contributed by atoms with Gasteiger partial charge in [-0.15, -0.1) is 0 Å². The molecule has 10 heteroatoms. The molecular weight excluding hydrogens is 580 g/mol. The van der Waals surface area contributed by atoms with Gasteiger partial charge in [-0.2, -0.15) is 0 Å². The molecule has 3 aromatic carbocycles. The molecule has 33 heavy (non-hydrogen) atoms. The molecule has 0 fully saturated rings. The molecule has 2 amide bonds. The summed E-state index contributed by atoms with van der Waals surface area (Å²) in [6.07, 6.45) is 0. The van der Waals surface area contributed by atoms with Crippen molar-refractivity contribution < 1.29 is 14.5 Å². The number of anilines is 1. The summed E-state index contributed by atoms with van der Waals surface area (Å²) in [6.45, 7) is 1.66. The number of fused-ring (bicyclic) bond motifs is 1. The van der Waals surface area contributed by atoms with Gasteiger partial charge in [-0.3, -0.25) is 19.7 Å². The van der Waals surface area contributed by atoms with Crippen LogP contribution in [0.15, 0.2) is 60.7 Å². The summed E-state index contributed by atoms with van der Waals surface area (Å²) in [7, 11) is 0. The Hall–Kier alpha value is -2.69. The number of nitro groups is 1. The minimum absolute atomic E-state index is 0.201. The smallest absolute Gasteiger partial charge is 0.276 e. The van der Waals surface area contributed by atoms with Crippen molar-refractivity contribution in [3.8, 4) is 0 Å². The van der Waals surface area contributed by atoms with Crippen molar-refractivity contribution in [1.82, 2.24) is 4.90 Å². The van der Waals surface area contributed by atoms with Gasteiger partial charge in [0.2, 0.25) is 0 Å². The van der Waals surface area contributed by atoms with Gasteiger partial charge in [0.25, 0.3) is 17.5 Å². The number of nitrogens with zero attached hydrogens (tertiary/aromatic N) is 2. The zero-order chi connectivity index (χ0) is 23.9. The van der Waals surface area contributed by atoms with Crippen LogP contribution in [0.1, 0.15) is 40.5 Å². The molecular formula is C23H16Cl2IN3O4. The zero-order valence-corrected chi connectivity index (χ0v) is 20.8. The summed E-state index contributed by atoms with van der Waals surface area (Å²) in [5, 5.41) is 15.3. The van der Waals surface area contributed by atoms with E-state index in [1.54, 1.807) is 49.4 Å². The van der Waals surface area contributed by atoms with Crippen LogP contribution in [0.25, 0.3) is 0 Å². The van der Waals surface area contributed by atoms with E-state index in [-0.39, 0.29) is 16.3 Å². The number of nitrogens with one attached hydrogen (secondary N) is 1. The molecule has 0 aromatic heterocycles. The van der Waals surface area contributed by atoms with Gasteiger partial charge in [0.15, 0.2) is 0 Å². The Kier molecular flexibility index (Phi) is 6.60. The Bertz CT molecular complexity index is 1280. The van der Waals surface area contributed by atoms with Gasteiger partial charge in [-0.25, -0.2) is 0 Å². The molecule has 0 bridgehead atoms. The third-order valence-corrected chi connectivity index (χ3v) is 6.63. The van der Waals surface area contributed by atoms with Crippen molar-refractivity contribution in [3.63, 3.8) is 0 Å². The monoisotopic (exact) mass is 595 g/mol. The average Bonchev–Trinajstić information content (AvgIpc) is 2.88. The highest BCUT2D eigenvalue weighted by molar-refractivity contribution is 14.1. The van der Waals surface area contributed by atoms with Crippen molar-refractivity contribution in [2.45, 2.75) is 19.0 Å². The van der Waals surface area contributed by atoms with Crippen molar-refractivity contribution in [3.05, 3.63) is 101 Å². The topological polar surface area (TPSA) is 92.6 Å². The fraction of sp³-hybridized carbons (Fsp3) is 0.130. The molecule has 2 atom stereocenters. The number of amides is 2. The van der Waals surface area contributed by atoms with Gasteiger partial charge in [-0.05, 0) is 77.5 Å². The highest BCUT2D eigenvalue weighted by Crippen LogP contribution is 2.40. The number of hydrogen-bond acceptors (Lipinski definition) is 4. The second-order valence-electron chi connectivity index (χ2n) is 7.48. The highest BCUT2D eigenvalue weighted by atomic mass is 127. The van der Waals surface area contributed by atoms with E-state index < -0.39 is 28.8 Å². The first kappa shape index (κ1) is 23.5. The zero-order valence-electron chi connectivity index (χ0n) is 17.1. The molecule has 1 heterocycles. The molecule has 1 N–H and O–H groups in total. The molecule has 4 rings (SSSR count). The molecule has 1 aliphatic heterocycles. The molecule has 7 nitrogen and oxygen atoms in total. The van der Waals surface area contributed by atoms with Crippen LogP contribution in [-0.2, 0) is 4.79 Å². The van der Waals surface area contributed by atoms with E-state index in [1.807, 2.05) is 0 Å². The summed E-state index contributed by atoms with van der Waals surface area (Å²) in [5.74, 6) is -0.868. The van der Waals surface area contributed by atoms with Crippen LogP contribution in [0, 0.1) is 13.7 Å². The van der Waals surface area contributed by atoms with Gasteiger partial charge in [0.05, 0.1) is 27.8 Å². The van der Waals surface area contributed by atoms with Crippen LogP contribution in [0.5, 0.6) is 0 Å². The van der Waals surface area contributed by atoms with Crippen LogP contribution >= 0.6 is 45.8 Å². The molecule has 0 spiro atoms. The number of carbonyl (C=O) groups is 2. The first-order valence-electron chi connectivity index (χ1n) is 9.79. The second kappa shape index (κ2) is 9.28. The van der Waals surface area contributed by atoms with E-state index >= 15 is 0 Å². The lowest BCUT2D eigenvalue weighted by molar-refractivity contribution is -0.385. The number of benzene rings is 3. The fourth-order valence-electron chi connectivity index (χ4n) is 3.92. The highest BCUT2D eigenvalue weighted by Gasteiger charge is 2.41. The predicted molar refractivity (Wildman–Crippen MR) is 135 cm³/mol. The quantitative estimate of drug-likeness (QED) is 0.214. The number of carbonyl (C=O) groups excluding carboxylic acids is 2. The van der Waals surface area contributed by atoms with Crippen molar-refractivity contribution in [2.75, 3.05) is 5.32 Å². The first-order chi connectivity index (χ1) is 15.7. The largest absolute Gasteiger partial charge is 0.323 e. The summed E-state index contributed by atoms with van der Waals surface area (Å²) in [6, 6.07) is 14.1. The summed E-state index contributed by atoms with van der Waals surface area (Å²) >= 11 is 14.1. The predicted octanol–water partition coefficient (Wildman–Crippen LogP) is 6.40. The van der Waals surface area contributed by atoms with E-state index in [4.69, 9.17) is 23.2 Å². The molecule has 0 radical (unpaired) electrons. The summed E-state index contributed by atoms with van der Waals surface area (Å²) in [4.78, 5) is 39.9. The molecule has 3 aromatic rings. The van der Waals surface area contributed by atoms with Crippen LogP contribution in [0.3, 0.4) is 0 Å². The van der Waals surface area contributed by atoms with Gasteiger partial charge in [-0.1, -0.05) is 35.3 Å². The third-order valence-electron chi connectivity index (χ3n) is 5.47. The second-order valence-corrected chi connectivity index (χ2v) is 9.60. The number of nitro benzene ring substituents is 1. The maximum atomic E-state index is 13.9. The van der Waals surface area contributed by atoms with Crippen molar-refractivity contribution >= 4 is 69.0 Å². The fourth-order valence-corrected chi connectivity index (χ4v) is 4.70. The number of halogens is 3. The first-order valence-corrected chi connectivity index (χ1v) is 11.6. The molecule has 0 aliphatic carbocycles. The van der Waals surface area contributed by atoms with Crippen molar-refractivity contribution in [1.29, 1.82) is 0 Å². The van der Waals surface area contributed by atoms with Gasteiger partial charge < -0.3 is 10.2 Å². The lowest BCUT2D eigenvalue weighted by Crippen LogP contribution is -2.40. The van der Waals surface area contributed by atoms with Crippen LogP contribution in [-0.4, -0.2) is 21.6 Å². The van der Waals surface area contributed by atoms with E-state index in [0.29, 0.717) is 21.8 Å². The summed E-state index contributed by atoms with van der Waals surface area (Å²) in [5.41, 5.74) is 1.24. The Morgan fingerprint density at radius 3 is 2.36 bits per heavy atom. The molecule has 0 unspecified atom stereocenters. The molecule has 0 saturated carbocycles. The van der Waals surface area contributed by atoms with E-state index in [2.05, 4.69) is 27.9 Å².